The van der Waals surface area contributed by atoms with E-state index in [1.165, 1.54) is 95.2 Å². The monoisotopic (exact) mass is 1240 g/mol. The third-order valence-corrected chi connectivity index (χ3v) is 14.2. The molecule has 0 radical (unpaired) electrons. The topological polar surface area (TPSA) is 437 Å². The first-order valence-corrected chi connectivity index (χ1v) is 29.8. The second kappa shape index (κ2) is 39.1. The number of nitrogens with two attached hydrogens (primary N) is 5. The van der Waals surface area contributed by atoms with Crippen LogP contribution in [-0.4, -0.2) is 144 Å². The van der Waals surface area contributed by atoms with E-state index < -0.39 is 77.4 Å². The van der Waals surface area contributed by atoms with E-state index in [0.29, 0.717) is 103 Å². The predicted molar refractivity (Wildman–Crippen MR) is 338 cm³/mol. The number of hydrogen-bond acceptors (Lipinski definition) is 18. The number of unbranched alkanes of at least 4 members (excludes halogenated alkanes) is 6. The van der Waals surface area contributed by atoms with E-state index in [9.17, 15) is 43.2 Å². The number of carboxylic acid groups (broad SMARTS) is 1. The van der Waals surface area contributed by atoms with Gasteiger partial charge in [0, 0.05) is 35.7 Å². The number of carbonyl (C=O) groups excluding carboxylic acids is 8. The Morgan fingerprint density at radius 2 is 0.697 bits per heavy atom. The van der Waals surface area contributed by atoms with Gasteiger partial charge in [-0.05, 0) is 182 Å². The van der Waals surface area contributed by atoms with Crippen LogP contribution >= 0.6 is 0 Å². The zero-order chi connectivity index (χ0) is 65.3. The first-order valence-electron chi connectivity index (χ1n) is 29.8. The number of nitrogens with one attached hydrogen (secondary N) is 8. The van der Waals surface area contributed by atoms with Crippen LogP contribution in [-0.2, 0) is 24.0 Å². The number of amides is 8. The molecule has 0 aromatic heterocycles. The number of hydrogen-bond donors (Lipinski definition) is 14. The fourth-order valence-electron chi connectivity index (χ4n) is 9.28. The molecule has 4 aromatic carbocycles. The highest BCUT2D eigenvalue weighted by molar-refractivity contribution is 6.07. The van der Waals surface area contributed by atoms with Gasteiger partial charge >= 0.3 is 5.97 Å². The number of aliphatic carboxylic acids is 1. The molecule has 0 saturated heterocycles. The average molecular weight is 1240 g/mol. The zero-order valence-electron chi connectivity index (χ0n) is 51.2. The third-order valence-electron chi connectivity index (χ3n) is 14.2. The molecular formula is C62H89N13O14. The lowest BCUT2D eigenvalue weighted by molar-refractivity contribution is -0.137. The van der Waals surface area contributed by atoms with Crippen molar-refractivity contribution in [2.45, 2.75) is 127 Å². The van der Waals surface area contributed by atoms with Gasteiger partial charge in [0.1, 0.15) is 41.1 Å². The Labute approximate surface area is 518 Å². The van der Waals surface area contributed by atoms with Gasteiger partial charge < -0.3 is 95.3 Å². The Hall–Kier alpha value is -8.89. The number of rotatable bonds is 41. The van der Waals surface area contributed by atoms with Crippen LogP contribution in [0.25, 0.3) is 0 Å². The molecule has 0 aliphatic rings. The molecule has 8 amide bonds. The average Bonchev–Trinajstić information content (AvgIpc) is 2.00. The van der Waals surface area contributed by atoms with Crippen LogP contribution in [0, 0.1) is 0 Å². The van der Waals surface area contributed by atoms with Crippen molar-refractivity contribution in [3.63, 3.8) is 0 Å². The summed E-state index contributed by atoms with van der Waals surface area (Å²) >= 11 is 0. The Kier molecular flexibility index (Phi) is 31.9. The first kappa shape index (κ1) is 72.6. The molecule has 4 atom stereocenters. The molecule has 27 heteroatoms. The molecule has 19 N–H and O–H groups in total. The fourth-order valence-corrected chi connectivity index (χ4v) is 9.28. The summed E-state index contributed by atoms with van der Waals surface area (Å²) in [4.78, 5) is 122. The van der Waals surface area contributed by atoms with Crippen molar-refractivity contribution in [1.82, 2.24) is 21.3 Å². The second-order valence-corrected chi connectivity index (χ2v) is 20.9. The highest BCUT2D eigenvalue weighted by Crippen LogP contribution is 2.28. The minimum Gasteiger partial charge on any atom is -0.496 e. The van der Waals surface area contributed by atoms with Crippen molar-refractivity contribution < 1.29 is 67.2 Å². The molecule has 486 valence electrons. The summed E-state index contributed by atoms with van der Waals surface area (Å²) in [7, 11) is 5.46. The molecule has 0 aliphatic heterocycles. The maximum Gasteiger partial charge on any atom is 0.303 e. The number of methoxy groups -OCH3 is 4. The lowest BCUT2D eigenvalue weighted by Crippen LogP contribution is -2.44. The first-order chi connectivity index (χ1) is 42.8. The molecule has 4 rings (SSSR count). The molecule has 0 fully saturated rings. The van der Waals surface area contributed by atoms with Gasteiger partial charge in [0.15, 0.2) is 0 Å². The second-order valence-electron chi connectivity index (χ2n) is 20.9. The fraction of sp³-hybridized carbons (Fsp3) is 0.468. The minimum absolute atomic E-state index is 0.0271. The number of anilines is 4. The zero-order valence-corrected chi connectivity index (χ0v) is 51.2. The summed E-state index contributed by atoms with van der Waals surface area (Å²) in [5.41, 5.74) is 29.9. The van der Waals surface area contributed by atoms with E-state index in [0.717, 1.165) is 0 Å². The van der Waals surface area contributed by atoms with E-state index in [1.807, 2.05) is 0 Å². The number of carbonyl (C=O) groups is 9. The molecule has 0 aliphatic carbocycles. The number of benzene rings is 4. The Morgan fingerprint density at radius 3 is 1.00 bits per heavy atom. The normalized spacial score (nSPS) is 12.2. The van der Waals surface area contributed by atoms with Gasteiger partial charge in [-0.25, -0.2) is 0 Å². The SMILES string of the molecule is COc1ccc(NC(=O)[C@H](CCCCN)NC(=O)c2cc(NC(=O)[C@H](CCCCN)NC(=O)c3cc(NC(=O)[C@H](CCCCN)NC(=O)c4cc(NC(=O)[C@@H](N)CCCCN)ccc4OC)ccc3OC)ccc2OC)cc1C(=O)NCCCCCC(=O)O. The third kappa shape index (κ3) is 24.0. The van der Waals surface area contributed by atoms with Crippen LogP contribution < -0.4 is 90.2 Å². The van der Waals surface area contributed by atoms with Gasteiger partial charge in [-0.15, -0.1) is 0 Å². The maximum atomic E-state index is 14.3. The van der Waals surface area contributed by atoms with Gasteiger partial charge in [-0.1, -0.05) is 12.8 Å². The van der Waals surface area contributed by atoms with Crippen molar-refractivity contribution in [2.75, 3.05) is 82.4 Å². The number of carboxylic acids is 1. The summed E-state index contributed by atoms with van der Waals surface area (Å²) in [6.07, 6.45) is 6.79. The Balaban J connectivity index is 1.53. The summed E-state index contributed by atoms with van der Waals surface area (Å²) in [5, 5.41) is 31.1. The van der Waals surface area contributed by atoms with Gasteiger partial charge in [0.2, 0.25) is 23.6 Å². The standard InChI is InChI=1S/C62H89N13O14/c1-86-50-25-22-39(34-42(50)55(78)68-33-15-5-6-20-54(76)77)70-60(83)47(17-8-12-30-64)74-57(80)44-36-41(24-27-52(44)88-3)72-62(85)49(19-10-14-32-66)75-58(81)45-37-40(23-28-53(45)89-4)71-61(84)48(18-9-13-31-65)73-56(79)43-35-38(21-26-51(43)87-2)69-59(82)46(67)16-7-11-29-63/h21-28,34-37,46-49H,5-20,29-33,63-67H2,1-4H3,(H,68,78)(H,69,82)(H,70,83)(H,71,84)(H,72,85)(H,73,79)(H,74,80)(H,75,81)(H,76,77)/t46-,47-,48-,49-/m0/s1. The predicted octanol–water partition coefficient (Wildman–Crippen LogP) is 4.09. The van der Waals surface area contributed by atoms with E-state index in [1.54, 1.807) is 6.07 Å². The van der Waals surface area contributed by atoms with E-state index in [2.05, 4.69) is 42.5 Å². The van der Waals surface area contributed by atoms with Crippen molar-refractivity contribution in [2.24, 2.45) is 28.7 Å². The highest BCUT2D eigenvalue weighted by Gasteiger charge is 2.29. The molecule has 89 heavy (non-hydrogen) atoms. The molecule has 0 unspecified atom stereocenters. The van der Waals surface area contributed by atoms with E-state index in [4.69, 9.17) is 52.7 Å². The molecule has 4 aromatic rings. The van der Waals surface area contributed by atoms with Crippen LogP contribution in [0.2, 0.25) is 0 Å². The van der Waals surface area contributed by atoms with Crippen LogP contribution in [0.4, 0.5) is 22.7 Å². The van der Waals surface area contributed by atoms with E-state index >= 15 is 0 Å². The molecule has 27 nitrogen and oxygen atoms in total. The molecule has 0 heterocycles. The van der Waals surface area contributed by atoms with Crippen LogP contribution in [0.5, 0.6) is 23.0 Å². The van der Waals surface area contributed by atoms with Gasteiger partial charge in [-0.2, -0.15) is 0 Å². The highest BCUT2D eigenvalue weighted by atomic mass is 16.5. The van der Waals surface area contributed by atoms with Crippen LogP contribution in [0.3, 0.4) is 0 Å². The summed E-state index contributed by atoms with van der Waals surface area (Å²) in [6, 6.07) is 13.3. The van der Waals surface area contributed by atoms with Gasteiger partial charge in [0.25, 0.3) is 23.6 Å². The summed E-state index contributed by atoms with van der Waals surface area (Å²) in [5.74, 6) is -5.29. The van der Waals surface area contributed by atoms with Gasteiger partial charge in [-0.3, -0.25) is 43.2 Å². The Morgan fingerprint density at radius 1 is 0.393 bits per heavy atom. The largest absolute Gasteiger partial charge is 0.496 e. The van der Waals surface area contributed by atoms with Crippen LogP contribution in [0.1, 0.15) is 144 Å². The van der Waals surface area contributed by atoms with Crippen LogP contribution in [0.15, 0.2) is 72.8 Å². The molecular weight excluding hydrogens is 1150 g/mol. The lowest BCUT2D eigenvalue weighted by atomic mass is 10.1. The van der Waals surface area contributed by atoms with E-state index in [-0.39, 0.29) is 100 Å². The quantitative estimate of drug-likeness (QED) is 0.0278. The molecule has 0 bridgehead atoms. The smallest absolute Gasteiger partial charge is 0.303 e. The maximum absolute atomic E-state index is 14.3. The Bertz CT molecular complexity index is 3020. The van der Waals surface area contributed by atoms with Crippen molar-refractivity contribution in [1.29, 1.82) is 0 Å². The summed E-state index contributed by atoms with van der Waals surface area (Å²) in [6.45, 7) is 1.71. The van der Waals surface area contributed by atoms with Crippen molar-refractivity contribution in [3.8, 4) is 23.0 Å². The lowest BCUT2D eigenvalue weighted by Gasteiger charge is -2.22. The molecule has 0 spiro atoms. The van der Waals surface area contributed by atoms with Gasteiger partial charge in [0.05, 0.1) is 56.7 Å². The molecule has 0 saturated carbocycles. The van der Waals surface area contributed by atoms with Crippen molar-refractivity contribution in [3.05, 3.63) is 95.1 Å². The number of ether oxygens (including phenoxy) is 4. The minimum atomic E-state index is -1.18. The summed E-state index contributed by atoms with van der Waals surface area (Å²) < 4.78 is 22.0. The van der Waals surface area contributed by atoms with Crippen molar-refractivity contribution >= 4 is 76.0 Å².